The molecule has 6 nitrogen and oxygen atoms in total. The molecule has 0 radical (unpaired) electrons. The number of ether oxygens (including phenoxy) is 1. The first-order valence-corrected chi connectivity index (χ1v) is 7.18. The number of hydrogen-bond donors (Lipinski definition) is 1. The summed E-state index contributed by atoms with van der Waals surface area (Å²) in [5.41, 5.74) is 1.95. The van der Waals surface area contributed by atoms with Crippen LogP contribution in [0.1, 0.15) is 17.5 Å². The van der Waals surface area contributed by atoms with Crippen LogP contribution in [0, 0.1) is 17.0 Å². The number of aryl methyl sites for hydroxylation is 1. The number of carbonyl (C=O) groups excluding carboxylic acids is 1. The van der Waals surface area contributed by atoms with Gasteiger partial charge in [0.05, 0.1) is 23.3 Å². The van der Waals surface area contributed by atoms with Crippen LogP contribution < -0.4 is 10.1 Å². The minimum atomic E-state index is -0.456. The monoisotopic (exact) mass is 314 g/mol. The first kappa shape index (κ1) is 16.5. The SMILES string of the molecule is COc1ccc(CCC(=O)Nc2cccc([N+](=O)[O-])c2C)cc1. The standard InChI is InChI=1S/C17H18N2O4/c1-12-15(4-3-5-16(12)19(21)22)18-17(20)11-8-13-6-9-14(23-2)10-7-13/h3-7,9-10H,8,11H2,1-2H3,(H,18,20). The van der Waals surface area contributed by atoms with Crippen molar-refractivity contribution >= 4 is 17.3 Å². The van der Waals surface area contributed by atoms with Crippen LogP contribution in [0.3, 0.4) is 0 Å². The molecule has 0 saturated heterocycles. The Hall–Kier alpha value is -2.89. The molecule has 0 aliphatic rings. The van der Waals surface area contributed by atoms with Gasteiger partial charge in [0.1, 0.15) is 5.75 Å². The molecule has 0 aliphatic heterocycles. The number of benzene rings is 2. The second kappa shape index (κ2) is 7.40. The molecule has 2 rings (SSSR count). The van der Waals surface area contributed by atoms with Crippen molar-refractivity contribution in [3.63, 3.8) is 0 Å². The molecular weight excluding hydrogens is 296 g/mol. The van der Waals surface area contributed by atoms with E-state index in [0.717, 1.165) is 11.3 Å². The average Bonchev–Trinajstić information content (AvgIpc) is 2.55. The Kier molecular flexibility index (Phi) is 5.30. The molecule has 2 aromatic carbocycles. The van der Waals surface area contributed by atoms with E-state index in [2.05, 4.69) is 5.32 Å². The molecule has 0 unspecified atom stereocenters. The van der Waals surface area contributed by atoms with Gasteiger partial charge in [0.2, 0.25) is 5.91 Å². The van der Waals surface area contributed by atoms with Crippen LogP contribution in [-0.4, -0.2) is 17.9 Å². The lowest BCUT2D eigenvalue weighted by atomic mass is 10.1. The number of hydrogen-bond acceptors (Lipinski definition) is 4. The second-order valence-electron chi connectivity index (χ2n) is 5.10. The van der Waals surface area contributed by atoms with E-state index >= 15 is 0 Å². The summed E-state index contributed by atoms with van der Waals surface area (Å²) in [6.07, 6.45) is 0.887. The van der Waals surface area contributed by atoms with Crippen molar-refractivity contribution < 1.29 is 14.5 Å². The summed E-state index contributed by atoms with van der Waals surface area (Å²) in [4.78, 5) is 22.5. The third kappa shape index (κ3) is 4.29. The Morgan fingerprint density at radius 2 is 1.91 bits per heavy atom. The maximum atomic E-state index is 12.0. The molecule has 0 atom stereocenters. The second-order valence-corrected chi connectivity index (χ2v) is 5.10. The summed E-state index contributed by atoms with van der Waals surface area (Å²) in [5, 5.41) is 13.6. The quantitative estimate of drug-likeness (QED) is 0.653. The Morgan fingerprint density at radius 3 is 2.52 bits per heavy atom. The summed E-state index contributed by atoms with van der Waals surface area (Å²) in [6, 6.07) is 12.1. The van der Waals surface area contributed by atoms with Gasteiger partial charge in [-0.05, 0) is 37.1 Å². The number of nitro benzene ring substituents is 1. The zero-order chi connectivity index (χ0) is 16.8. The highest BCUT2D eigenvalue weighted by molar-refractivity contribution is 5.92. The van der Waals surface area contributed by atoms with Crippen LogP contribution in [-0.2, 0) is 11.2 Å². The molecule has 2 aromatic rings. The van der Waals surface area contributed by atoms with Gasteiger partial charge in [-0.25, -0.2) is 0 Å². The zero-order valence-electron chi connectivity index (χ0n) is 13.0. The van der Waals surface area contributed by atoms with Crippen LogP contribution in [0.2, 0.25) is 0 Å². The van der Waals surface area contributed by atoms with E-state index < -0.39 is 4.92 Å². The minimum Gasteiger partial charge on any atom is -0.497 e. The topological polar surface area (TPSA) is 81.5 Å². The lowest BCUT2D eigenvalue weighted by Crippen LogP contribution is -2.13. The molecule has 6 heteroatoms. The van der Waals surface area contributed by atoms with E-state index in [0.29, 0.717) is 24.1 Å². The molecule has 0 heterocycles. The van der Waals surface area contributed by atoms with Crippen molar-refractivity contribution in [2.24, 2.45) is 0 Å². The largest absolute Gasteiger partial charge is 0.497 e. The molecule has 0 bridgehead atoms. The summed E-state index contributed by atoms with van der Waals surface area (Å²) in [6.45, 7) is 1.62. The van der Waals surface area contributed by atoms with Gasteiger partial charge in [-0.1, -0.05) is 18.2 Å². The molecule has 23 heavy (non-hydrogen) atoms. The van der Waals surface area contributed by atoms with Crippen molar-refractivity contribution in [3.05, 3.63) is 63.7 Å². The van der Waals surface area contributed by atoms with Crippen molar-refractivity contribution in [1.29, 1.82) is 0 Å². The predicted octanol–water partition coefficient (Wildman–Crippen LogP) is 3.48. The van der Waals surface area contributed by atoms with E-state index in [-0.39, 0.29) is 11.6 Å². The highest BCUT2D eigenvalue weighted by Crippen LogP contribution is 2.25. The predicted molar refractivity (Wildman–Crippen MR) is 87.8 cm³/mol. The third-order valence-corrected chi connectivity index (χ3v) is 3.58. The van der Waals surface area contributed by atoms with Gasteiger partial charge >= 0.3 is 0 Å². The average molecular weight is 314 g/mol. The lowest BCUT2D eigenvalue weighted by molar-refractivity contribution is -0.385. The summed E-state index contributed by atoms with van der Waals surface area (Å²) >= 11 is 0. The highest BCUT2D eigenvalue weighted by Gasteiger charge is 2.14. The van der Waals surface area contributed by atoms with E-state index in [1.54, 1.807) is 26.2 Å². The van der Waals surface area contributed by atoms with Crippen LogP contribution in [0.5, 0.6) is 5.75 Å². The van der Waals surface area contributed by atoms with Crippen molar-refractivity contribution in [1.82, 2.24) is 0 Å². The van der Waals surface area contributed by atoms with Crippen LogP contribution in [0.25, 0.3) is 0 Å². The number of nitrogens with one attached hydrogen (secondary N) is 1. The van der Waals surface area contributed by atoms with E-state index in [9.17, 15) is 14.9 Å². The van der Waals surface area contributed by atoms with Crippen molar-refractivity contribution in [3.8, 4) is 5.75 Å². The van der Waals surface area contributed by atoms with Gasteiger partial charge in [0.15, 0.2) is 0 Å². The van der Waals surface area contributed by atoms with Crippen molar-refractivity contribution in [2.75, 3.05) is 12.4 Å². The zero-order valence-corrected chi connectivity index (χ0v) is 13.0. The highest BCUT2D eigenvalue weighted by atomic mass is 16.6. The van der Waals surface area contributed by atoms with Gasteiger partial charge in [-0.3, -0.25) is 14.9 Å². The minimum absolute atomic E-state index is 0.00189. The summed E-state index contributed by atoms with van der Waals surface area (Å²) in [5.74, 6) is 0.592. The fourth-order valence-corrected chi connectivity index (χ4v) is 2.22. The normalized spacial score (nSPS) is 10.2. The molecule has 120 valence electrons. The number of nitrogens with zero attached hydrogens (tertiary/aromatic N) is 1. The molecule has 0 spiro atoms. The number of amides is 1. The Labute approximate surface area is 134 Å². The third-order valence-electron chi connectivity index (χ3n) is 3.58. The number of carbonyl (C=O) groups is 1. The summed E-state index contributed by atoms with van der Waals surface area (Å²) in [7, 11) is 1.60. The number of methoxy groups -OCH3 is 1. The molecular formula is C17H18N2O4. The van der Waals surface area contributed by atoms with Crippen LogP contribution >= 0.6 is 0 Å². The summed E-state index contributed by atoms with van der Waals surface area (Å²) < 4.78 is 5.08. The number of rotatable bonds is 6. The Bertz CT molecular complexity index is 711. The van der Waals surface area contributed by atoms with E-state index in [1.807, 2.05) is 24.3 Å². The lowest BCUT2D eigenvalue weighted by Gasteiger charge is -2.09. The van der Waals surface area contributed by atoms with Crippen LogP contribution in [0.15, 0.2) is 42.5 Å². The van der Waals surface area contributed by atoms with Gasteiger partial charge in [0, 0.05) is 12.5 Å². The molecule has 0 fully saturated rings. The van der Waals surface area contributed by atoms with Crippen molar-refractivity contribution in [2.45, 2.75) is 19.8 Å². The molecule has 1 amide bonds. The smallest absolute Gasteiger partial charge is 0.274 e. The van der Waals surface area contributed by atoms with Gasteiger partial charge in [0.25, 0.3) is 5.69 Å². The van der Waals surface area contributed by atoms with Gasteiger partial charge in [-0.2, -0.15) is 0 Å². The van der Waals surface area contributed by atoms with E-state index in [1.165, 1.54) is 6.07 Å². The Balaban J connectivity index is 1.97. The Morgan fingerprint density at radius 1 is 1.22 bits per heavy atom. The fraction of sp³-hybridized carbons (Fsp3) is 0.235. The van der Waals surface area contributed by atoms with Gasteiger partial charge in [-0.15, -0.1) is 0 Å². The molecule has 1 N–H and O–H groups in total. The number of nitro groups is 1. The van der Waals surface area contributed by atoms with E-state index in [4.69, 9.17) is 4.74 Å². The van der Waals surface area contributed by atoms with Gasteiger partial charge < -0.3 is 10.1 Å². The number of anilines is 1. The molecule has 0 aliphatic carbocycles. The maximum Gasteiger partial charge on any atom is 0.274 e. The molecule has 0 saturated carbocycles. The fourth-order valence-electron chi connectivity index (χ4n) is 2.22. The van der Waals surface area contributed by atoms with Crippen LogP contribution in [0.4, 0.5) is 11.4 Å². The maximum absolute atomic E-state index is 12.0. The first-order valence-electron chi connectivity index (χ1n) is 7.18. The molecule has 0 aromatic heterocycles. The first-order chi connectivity index (χ1) is 11.0.